The van der Waals surface area contributed by atoms with Crippen LogP contribution in [0, 0.1) is 0 Å². The number of halogens is 3. The minimum Gasteiger partial charge on any atom is -0.308 e. The van der Waals surface area contributed by atoms with Gasteiger partial charge in [0.15, 0.2) is 0 Å². The van der Waals surface area contributed by atoms with Gasteiger partial charge in [-0.15, -0.1) is 0 Å². The highest BCUT2D eigenvalue weighted by molar-refractivity contribution is 5.99. The Hall–Kier alpha value is -2.50. The van der Waals surface area contributed by atoms with Gasteiger partial charge in [0.1, 0.15) is 0 Å². The van der Waals surface area contributed by atoms with Crippen molar-refractivity contribution >= 4 is 17.4 Å². The number of alkyl halides is 3. The van der Waals surface area contributed by atoms with Crippen molar-refractivity contribution in [3.63, 3.8) is 0 Å². The van der Waals surface area contributed by atoms with Gasteiger partial charge in [0.25, 0.3) is 0 Å². The molecule has 0 radical (unpaired) electrons. The fourth-order valence-electron chi connectivity index (χ4n) is 2.16. The molecule has 0 aromatic heterocycles. The number of urea groups is 1. The quantitative estimate of drug-likeness (QED) is 0.787. The highest BCUT2D eigenvalue weighted by atomic mass is 19.4. The number of aryl methyl sites for hydroxylation is 1. The van der Waals surface area contributed by atoms with Crippen LogP contribution in [0.4, 0.5) is 29.3 Å². The molecule has 0 bridgehead atoms. The van der Waals surface area contributed by atoms with E-state index in [2.05, 4.69) is 17.6 Å². The Morgan fingerprint density at radius 3 is 2.22 bits per heavy atom. The largest absolute Gasteiger partial charge is 0.416 e. The lowest BCUT2D eigenvalue weighted by atomic mass is 10.1. The van der Waals surface area contributed by atoms with Crippen LogP contribution in [0.1, 0.15) is 24.5 Å². The van der Waals surface area contributed by atoms with Crippen molar-refractivity contribution in [1.29, 1.82) is 0 Å². The van der Waals surface area contributed by atoms with Gasteiger partial charge < -0.3 is 10.6 Å². The molecule has 0 aliphatic carbocycles. The third-order valence-electron chi connectivity index (χ3n) is 3.17. The third-order valence-corrected chi connectivity index (χ3v) is 3.17. The van der Waals surface area contributed by atoms with Crippen LogP contribution in [0.15, 0.2) is 48.5 Å². The number of carbonyl (C=O) groups is 1. The van der Waals surface area contributed by atoms with Crippen LogP contribution >= 0.6 is 0 Å². The average Bonchev–Trinajstić information content (AvgIpc) is 2.47. The van der Waals surface area contributed by atoms with Crippen molar-refractivity contribution in [3.05, 3.63) is 59.7 Å². The van der Waals surface area contributed by atoms with E-state index in [1.165, 1.54) is 12.1 Å². The van der Waals surface area contributed by atoms with Crippen molar-refractivity contribution in [2.24, 2.45) is 0 Å². The lowest BCUT2D eigenvalue weighted by Crippen LogP contribution is -2.19. The molecule has 0 unspecified atom stereocenters. The first-order valence-electron chi connectivity index (χ1n) is 7.22. The van der Waals surface area contributed by atoms with E-state index in [9.17, 15) is 18.0 Å². The van der Waals surface area contributed by atoms with Crippen LogP contribution in [0.3, 0.4) is 0 Å². The van der Waals surface area contributed by atoms with E-state index in [4.69, 9.17) is 0 Å². The van der Waals surface area contributed by atoms with Crippen LogP contribution in [0.2, 0.25) is 0 Å². The van der Waals surface area contributed by atoms with E-state index in [0.29, 0.717) is 5.69 Å². The molecule has 2 rings (SSSR count). The molecular weight excluding hydrogens is 305 g/mol. The molecule has 0 aliphatic heterocycles. The molecular formula is C17H17F3N2O. The molecule has 6 heteroatoms. The maximum Gasteiger partial charge on any atom is 0.416 e. The molecule has 0 heterocycles. The Balaban J connectivity index is 2.04. The van der Waals surface area contributed by atoms with E-state index < -0.39 is 17.8 Å². The van der Waals surface area contributed by atoms with Crippen LogP contribution < -0.4 is 10.6 Å². The average molecular weight is 322 g/mol. The molecule has 0 atom stereocenters. The van der Waals surface area contributed by atoms with Crippen LogP contribution in [0.25, 0.3) is 0 Å². The van der Waals surface area contributed by atoms with Gasteiger partial charge >= 0.3 is 12.2 Å². The van der Waals surface area contributed by atoms with E-state index >= 15 is 0 Å². The molecule has 0 spiro atoms. The van der Waals surface area contributed by atoms with Crippen LogP contribution in [-0.4, -0.2) is 6.03 Å². The number of rotatable bonds is 4. The van der Waals surface area contributed by atoms with Crippen molar-refractivity contribution in [1.82, 2.24) is 0 Å². The van der Waals surface area contributed by atoms with Gasteiger partial charge in [-0.2, -0.15) is 13.2 Å². The number of hydrogen-bond acceptors (Lipinski definition) is 1. The van der Waals surface area contributed by atoms with E-state index in [-0.39, 0.29) is 5.69 Å². The SMILES string of the molecule is CCCc1cccc(NC(=O)Nc2cccc(C(F)(F)F)c2)c1. The fraction of sp³-hybridized carbons (Fsp3) is 0.235. The summed E-state index contributed by atoms with van der Waals surface area (Å²) in [5.74, 6) is 0. The summed E-state index contributed by atoms with van der Waals surface area (Å²) >= 11 is 0. The summed E-state index contributed by atoms with van der Waals surface area (Å²) in [5, 5.41) is 5.02. The zero-order valence-corrected chi connectivity index (χ0v) is 12.6. The van der Waals surface area contributed by atoms with E-state index in [1.54, 1.807) is 6.07 Å². The predicted octanol–water partition coefficient (Wildman–Crippen LogP) is 5.30. The molecule has 0 aliphatic rings. The Bertz CT molecular complexity index is 684. The number of hydrogen-bond donors (Lipinski definition) is 2. The van der Waals surface area contributed by atoms with Gasteiger partial charge in [0.05, 0.1) is 5.56 Å². The summed E-state index contributed by atoms with van der Waals surface area (Å²) in [6, 6.07) is 11.3. The molecule has 23 heavy (non-hydrogen) atoms. The van der Waals surface area contributed by atoms with Crippen molar-refractivity contribution in [2.75, 3.05) is 10.6 Å². The highest BCUT2D eigenvalue weighted by Gasteiger charge is 2.30. The summed E-state index contributed by atoms with van der Waals surface area (Å²) < 4.78 is 37.9. The normalized spacial score (nSPS) is 11.1. The van der Waals surface area contributed by atoms with Gasteiger partial charge in [-0.25, -0.2) is 4.79 Å². The number of carbonyl (C=O) groups excluding carboxylic acids is 1. The molecule has 2 aromatic rings. The van der Waals surface area contributed by atoms with Crippen molar-refractivity contribution in [3.8, 4) is 0 Å². The van der Waals surface area contributed by atoms with Gasteiger partial charge in [0, 0.05) is 11.4 Å². The smallest absolute Gasteiger partial charge is 0.308 e. The zero-order chi connectivity index (χ0) is 16.9. The summed E-state index contributed by atoms with van der Waals surface area (Å²) in [6.07, 6.45) is -2.56. The molecule has 2 aromatic carbocycles. The fourth-order valence-corrected chi connectivity index (χ4v) is 2.16. The number of nitrogens with one attached hydrogen (secondary N) is 2. The summed E-state index contributed by atoms with van der Waals surface area (Å²) in [7, 11) is 0. The maximum atomic E-state index is 12.6. The minimum atomic E-state index is -4.44. The topological polar surface area (TPSA) is 41.1 Å². The van der Waals surface area contributed by atoms with Crippen LogP contribution in [0.5, 0.6) is 0 Å². The second-order valence-electron chi connectivity index (χ2n) is 5.11. The molecule has 2 amide bonds. The first kappa shape index (κ1) is 16.9. The molecule has 3 nitrogen and oxygen atoms in total. The van der Waals surface area contributed by atoms with E-state index in [0.717, 1.165) is 30.5 Å². The zero-order valence-electron chi connectivity index (χ0n) is 12.6. The molecule has 0 saturated heterocycles. The maximum absolute atomic E-state index is 12.6. The summed E-state index contributed by atoms with van der Waals surface area (Å²) in [5.41, 5.74) is 0.965. The second-order valence-corrected chi connectivity index (χ2v) is 5.11. The lowest BCUT2D eigenvalue weighted by molar-refractivity contribution is -0.137. The summed E-state index contributed by atoms with van der Waals surface area (Å²) in [6.45, 7) is 2.06. The Labute approximate surface area is 132 Å². The molecule has 122 valence electrons. The van der Waals surface area contributed by atoms with Crippen molar-refractivity contribution < 1.29 is 18.0 Å². The van der Waals surface area contributed by atoms with Crippen molar-refractivity contribution in [2.45, 2.75) is 25.9 Å². The Morgan fingerprint density at radius 1 is 1.00 bits per heavy atom. The summed E-state index contributed by atoms with van der Waals surface area (Å²) in [4.78, 5) is 11.9. The molecule has 0 fully saturated rings. The monoisotopic (exact) mass is 322 g/mol. The first-order valence-corrected chi connectivity index (χ1v) is 7.22. The molecule has 0 saturated carbocycles. The minimum absolute atomic E-state index is 0.0852. The first-order chi connectivity index (χ1) is 10.9. The number of anilines is 2. The number of benzene rings is 2. The second kappa shape index (κ2) is 7.17. The lowest BCUT2D eigenvalue weighted by Gasteiger charge is -2.11. The standard InChI is InChI=1S/C17H17F3N2O/c1-2-5-12-6-3-8-14(10-12)21-16(23)22-15-9-4-7-13(11-15)17(18,19)20/h3-4,6-11H,2,5H2,1H3,(H2,21,22,23). The van der Waals surface area contributed by atoms with E-state index in [1.807, 2.05) is 18.2 Å². The van der Waals surface area contributed by atoms with Gasteiger partial charge in [0.2, 0.25) is 0 Å². The van der Waals surface area contributed by atoms with Gasteiger partial charge in [-0.05, 0) is 42.3 Å². The number of amides is 2. The Kier molecular flexibility index (Phi) is 5.26. The van der Waals surface area contributed by atoms with Crippen LogP contribution in [-0.2, 0) is 12.6 Å². The van der Waals surface area contributed by atoms with Gasteiger partial charge in [-0.3, -0.25) is 0 Å². The predicted molar refractivity (Wildman–Crippen MR) is 84.5 cm³/mol. The highest BCUT2D eigenvalue weighted by Crippen LogP contribution is 2.30. The third kappa shape index (κ3) is 5.02. The van der Waals surface area contributed by atoms with Gasteiger partial charge in [-0.1, -0.05) is 31.5 Å². The molecule has 2 N–H and O–H groups in total. The Morgan fingerprint density at radius 2 is 1.61 bits per heavy atom.